The van der Waals surface area contributed by atoms with Gasteiger partial charge in [0.1, 0.15) is 17.7 Å². The van der Waals surface area contributed by atoms with Crippen molar-refractivity contribution in [1.82, 2.24) is 9.88 Å². The highest BCUT2D eigenvalue weighted by molar-refractivity contribution is 5.75. The van der Waals surface area contributed by atoms with E-state index < -0.39 is 5.60 Å². The summed E-state index contributed by atoms with van der Waals surface area (Å²) in [4.78, 5) is 18.1. The van der Waals surface area contributed by atoms with Crippen molar-refractivity contribution in [3.63, 3.8) is 0 Å². The first kappa shape index (κ1) is 15.0. The summed E-state index contributed by atoms with van der Waals surface area (Å²) in [7, 11) is 0. The van der Waals surface area contributed by atoms with E-state index in [1.165, 1.54) is 12.1 Å². The molecule has 128 valence electrons. The van der Waals surface area contributed by atoms with E-state index in [4.69, 9.17) is 4.74 Å². The van der Waals surface area contributed by atoms with Crippen LogP contribution in [-0.2, 0) is 0 Å². The molecular formula is C20H19FN2O2. The van der Waals surface area contributed by atoms with Gasteiger partial charge in [-0.3, -0.25) is 9.69 Å². The SMILES string of the molecule is O=Cc1ccc(F)c(C2c3cccnc3O[C@@]23CN2CCC3CC2)c1. The summed E-state index contributed by atoms with van der Waals surface area (Å²) in [6.45, 7) is 2.93. The number of rotatable bonds is 2. The van der Waals surface area contributed by atoms with Gasteiger partial charge in [0.2, 0.25) is 5.88 Å². The number of ether oxygens (including phenoxy) is 1. The maximum atomic E-state index is 14.8. The zero-order valence-corrected chi connectivity index (χ0v) is 13.8. The van der Waals surface area contributed by atoms with Gasteiger partial charge < -0.3 is 4.74 Å². The molecule has 2 bridgehead atoms. The van der Waals surface area contributed by atoms with E-state index >= 15 is 0 Å². The van der Waals surface area contributed by atoms with Gasteiger partial charge in [-0.1, -0.05) is 6.07 Å². The Labute approximate surface area is 145 Å². The number of hydrogen-bond acceptors (Lipinski definition) is 4. The largest absolute Gasteiger partial charge is 0.468 e. The van der Waals surface area contributed by atoms with Gasteiger partial charge in [-0.15, -0.1) is 0 Å². The third kappa shape index (κ3) is 2.08. The Morgan fingerprint density at radius 2 is 2.08 bits per heavy atom. The number of halogens is 1. The predicted octanol–water partition coefficient (Wildman–Crippen LogP) is 3.02. The Kier molecular flexibility index (Phi) is 3.22. The first-order valence-corrected chi connectivity index (χ1v) is 8.82. The molecule has 4 aliphatic rings. The number of nitrogens with zero attached hydrogens (tertiary/aromatic N) is 2. The fraction of sp³-hybridized carbons (Fsp3) is 0.400. The summed E-state index contributed by atoms with van der Waals surface area (Å²) in [6, 6.07) is 8.44. The molecule has 5 heterocycles. The molecule has 25 heavy (non-hydrogen) atoms. The standard InChI is InChI=1S/C20H19FN2O2/c21-17-4-3-13(11-24)10-16(17)18-15-2-1-7-22-19(15)25-20(18)12-23-8-5-14(20)6-9-23/h1-4,7,10-11,14,18H,5-6,8-9,12H2/t18?,20-/m1/s1. The summed E-state index contributed by atoms with van der Waals surface area (Å²) >= 11 is 0. The van der Waals surface area contributed by atoms with Crippen molar-refractivity contribution in [3.8, 4) is 5.88 Å². The maximum Gasteiger partial charge on any atom is 0.217 e. The third-order valence-electron chi connectivity index (χ3n) is 6.10. The predicted molar refractivity (Wildman–Crippen MR) is 90.4 cm³/mol. The lowest BCUT2D eigenvalue weighted by atomic mass is 9.65. The van der Waals surface area contributed by atoms with Gasteiger partial charge in [0, 0.05) is 35.3 Å². The molecule has 1 aromatic heterocycles. The molecule has 5 heteroatoms. The van der Waals surface area contributed by atoms with E-state index in [9.17, 15) is 9.18 Å². The molecule has 1 unspecified atom stereocenters. The summed E-state index contributed by atoms with van der Waals surface area (Å²) < 4.78 is 21.3. The van der Waals surface area contributed by atoms with Crippen LogP contribution < -0.4 is 4.74 Å². The number of aldehydes is 1. The number of pyridine rings is 1. The van der Waals surface area contributed by atoms with E-state index in [2.05, 4.69) is 9.88 Å². The smallest absolute Gasteiger partial charge is 0.217 e. The van der Waals surface area contributed by atoms with Crippen LogP contribution in [0.4, 0.5) is 4.39 Å². The van der Waals surface area contributed by atoms with E-state index in [1.807, 2.05) is 12.1 Å². The van der Waals surface area contributed by atoms with Crippen LogP contribution in [0.2, 0.25) is 0 Å². The molecular weight excluding hydrogens is 319 g/mol. The molecule has 4 nitrogen and oxygen atoms in total. The van der Waals surface area contributed by atoms with Crippen LogP contribution in [-0.4, -0.2) is 41.4 Å². The van der Waals surface area contributed by atoms with Crippen LogP contribution in [0.15, 0.2) is 36.5 Å². The number of aromatic nitrogens is 1. The molecule has 3 fully saturated rings. The lowest BCUT2D eigenvalue weighted by Crippen LogP contribution is -2.63. The van der Waals surface area contributed by atoms with E-state index in [-0.39, 0.29) is 11.7 Å². The zero-order chi connectivity index (χ0) is 17.0. The molecule has 6 rings (SSSR count). The lowest BCUT2D eigenvalue weighted by Gasteiger charge is -2.53. The highest BCUT2D eigenvalue weighted by Crippen LogP contribution is 2.55. The first-order chi connectivity index (χ1) is 12.2. The highest BCUT2D eigenvalue weighted by Gasteiger charge is 2.59. The highest BCUT2D eigenvalue weighted by atomic mass is 19.1. The second-order valence-electron chi connectivity index (χ2n) is 7.34. The van der Waals surface area contributed by atoms with Crippen molar-refractivity contribution in [1.29, 1.82) is 0 Å². The van der Waals surface area contributed by atoms with Crippen LogP contribution in [0.1, 0.15) is 40.2 Å². The average Bonchev–Trinajstić information content (AvgIpc) is 2.96. The second kappa shape index (κ2) is 5.36. The number of fused-ring (bicyclic) bond motifs is 3. The Hall–Kier alpha value is -2.27. The fourth-order valence-electron chi connectivity index (χ4n) is 5.00. The van der Waals surface area contributed by atoms with Crippen LogP contribution in [0.3, 0.4) is 0 Å². The van der Waals surface area contributed by atoms with Gasteiger partial charge in [0.25, 0.3) is 0 Å². The summed E-state index contributed by atoms with van der Waals surface area (Å²) in [5.41, 5.74) is 1.48. The Morgan fingerprint density at radius 3 is 2.80 bits per heavy atom. The number of piperidine rings is 3. The van der Waals surface area contributed by atoms with E-state index in [0.717, 1.165) is 44.3 Å². The number of carbonyl (C=O) groups is 1. The Balaban J connectivity index is 1.72. The quantitative estimate of drug-likeness (QED) is 0.790. The molecule has 1 spiro atoms. The molecule has 0 amide bonds. The molecule has 4 aliphatic heterocycles. The average molecular weight is 338 g/mol. The molecule has 0 N–H and O–H groups in total. The van der Waals surface area contributed by atoms with Crippen LogP contribution in [0, 0.1) is 11.7 Å². The Morgan fingerprint density at radius 1 is 1.24 bits per heavy atom. The minimum Gasteiger partial charge on any atom is -0.468 e. The summed E-state index contributed by atoms with van der Waals surface area (Å²) in [6.07, 6.45) is 4.60. The van der Waals surface area contributed by atoms with Gasteiger partial charge in [-0.2, -0.15) is 0 Å². The molecule has 0 aliphatic carbocycles. The van der Waals surface area contributed by atoms with Crippen LogP contribution in [0.25, 0.3) is 0 Å². The molecule has 0 saturated carbocycles. The topological polar surface area (TPSA) is 42.4 Å². The first-order valence-electron chi connectivity index (χ1n) is 8.82. The normalized spacial score (nSPS) is 32.4. The summed E-state index contributed by atoms with van der Waals surface area (Å²) in [5.74, 6) is 0.462. The zero-order valence-electron chi connectivity index (χ0n) is 13.8. The van der Waals surface area contributed by atoms with Crippen molar-refractivity contribution >= 4 is 6.29 Å². The van der Waals surface area contributed by atoms with E-state index in [1.54, 1.807) is 12.3 Å². The third-order valence-corrected chi connectivity index (χ3v) is 6.10. The monoisotopic (exact) mass is 338 g/mol. The molecule has 0 radical (unpaired) electrons. The van der Waals surface area contributed by atoms with E-state index in [0.29, 0.717) is 22.9 Å². The van der Waals surface area contributed by atoms with Crippen molar-refractivity contribution in [2.45, 2.75) is 24.4 Å². The van der Waals surface area contributed by atoms with Crippen molar-refractivity contribution in [3.05, 3.63) is 59.0 Å². The van der Waals surface area contributed by atoms with Gasteiger partial charge in [-0.25, -0.2) is 9.37 Å². The molecule has 2 atom stereocenters. The van der Waals surface area contributed by atoms with Gasteiger partial charge in [0.15, 0.2) is 0 Å². The number of benzene rings is 1. The van der Waals surface area contributed by atoms with Crippen molar-refractivity contribution < 1.29 is 13.9 Å². The van der Waals surface area contributed by atoms with Gasteiger partial charge >= 0.3 is 0 Å². The maximum absolute atomic E-state index is 14.8. The van der Waals surface area contributed by atoms with Crippen molar-refractivity contribution in [2.75, 3.05) is 19.6 Å². The Bertz CT molecular complexity index is 847. The second-order valence-corrected chi connectivity index (χ2v) is 7.34. The van der Waals surface area contributed by atoms with Crippen LogP contribution in [0.5, 0.6) is 5.88 Å². The molecule has 3 saturated heterocycles. The lowest BCUT2D eigenvalue weighted by molar-refractivity contribution is -0.0906. The number of carbonyl (C=O) groups excluding carboxylic acids is 1. The minimum absolute atomic E-state index is 0.232. The summed E-state index contributed by atoms with van der Waals surface area (Å²) in [5, 5.41) is 0. The van der Waals surface area contributed by atoms with Crippen LogP contribution >= 0.6 is 0 Å². The fourth-order valence-corrected chi connectivity index (χ4v) is 5.00. The molecule has 1 aromatic carbocycles. The molecule has 2 aromatic rings. The van der Waals surface area contributed by atoms with Crippen molar-refractivity contribution in [2.24, 2.45) is 5.92 Å². The minimum atomic E-state index is -0.491. The van der Waals surface area contributed by atoms with Gasteiger partial charge in [0.05, 0.1) is 5.92 Å². The number of hydrogen-bond donors (Lipinski definition) is 0. The van der Waals surface area contributed by atoms with Gasteiger partial charge in [-0.05, 0) is 50.2 Å².